The fourth-order valence-corrected chi connectivity index (χ4v) is 1.46. The average molecular weight is 282 g/mol. The molecule has 5 nitrogen and oxygen atoms in total. The van der Waals surface area contributed by atoms with Gasteiger partial charge < -0.3 is 24.3 Å². The number of hydrogen-bond acceptors (Lipinski definition) is 5. The molecule has 6 heteroatoms. The highest BCUT2D eigenvalue weighted by Crippen LogP contribution is 2.07. The maximum atomic E-state index is 8.95. The highest BCUT2D eigenvalue weighted by Gasteiger charge is 2.10. The fourth-order valence-electron chi connectivity index (χ4n) is 1.46. The van der Waals surface area contributed by atoms with Gasteiger partial charge >= 0.3 is 7.12 Å². The number of hydrogen-bond donors (Lipinski definition) is 2. The van der Waals surface area contributed by atoms with Crippen LogP contribution >= 0.6 is 0 Å². The molecule has 0 spiro atoms. The van der Waals surface area contributed by atoms with E-state index in [1.807, 2.05) is 20.8 Å². The van der Waals surface area contributed by atoms with Gasteiger partial charge in [0.25, 0.3) is 0 Å². The quantitative estimate of drug-likeness (QED) is 0.539. The van der Waals surface area contributed by atoms with Gasteiger partial charge in [0, 0.05) is 0 Å². The van der Waals surface area contributed by atoms with Crippen molar-refractivity contribution < 1.29 is 24.3 Å². The Morgan fingerprint density at radius 3 is 2.10 bits per heavy atom. The maximum absolute atomic E-state index is 8.95. The van der Waals surface area contributed by atoms with E-state index in [0.29, 0.717) is 37.6 Å². The van der Waals surface area contributed by atoms with Crippen molar-refractivity contribution in [2.45, 2.75) is 26.4 Å². The van der Waals surface area contributed by atoms with Crippen molar-refractivity contribution >= 4 is 12.6 Å². The van der Waals surface area contributed by atoms with E-state index >= 15 is 0 Å². The molecule has 0 aliphatic rings. The summed E-state index contributed by atoms with van der Waals surface area (Å²) in [6.45, 7) is 8.03. The van der Waals surface area contributed by atoms with Crippen LogP contribution < -0.4 is 10.2 Å². The average Bonchev–Trinajstić information content (AvgIpc) is 2.37. The molecular weight excluding hydrogens is 259 g/mol. The first-order valence-electron chi connectivity index (χ1n) is 6.69. The van der Waals surface area contributed by atoms with E-state index in [-0.39, 0.29) is 5.60 Å². The zero-order valence-corrected chi connectivity index (χ0v) is 12.3. The van der Waals surface area contributed by atoms with Crippen LogP contribution in [-0.2, 0) is 9.47 Å². The number of ether oxygens (including phenoxy) is 3. The molecule has 0 fully saturated rings. The molecule has 1 aromatic carbocycles. The maximum Gasteiger partial charge on any atom is 0.488 e. The molecule has 0 saturated heterocycles. The van der Waals surface area contributed by atoms with E-state index in [1.54, 1.807) is 24.3 Å². The highest BCUT2D eigenvalue weighted by atomic mass is 16.5. The summed E-state index contributed by atoms with van der Waals surface area (Å²) in [5.41, 5.74) is 0.298. The first-order chi connectivity index (χ1) is 9.38. The Balaban J connectivity index is 2.09. The SMILES string of the molecule is CC(C)(C)OCCOCCOc1ccc(B(O)O)cc1. The van der Waals surface area contributed by atoms with E-state index in [1.165, 1.54) is 0 Å². The van der Waals surface area contributed by atoms with Crippen LogP contribution in [0.15, 0.2) is 24.3 Å². The van der Waals surface area contributed by atoms with Crippen LogP contribution in [0, 0.1) is 0 Å². The molecule has 0 radical (unpaired) electrons. The van der Waals surface area contributed by atoms with Gasteiger partial charge in [0.15, 0.2) is 0 Å². The minimum Gasteiger partial charge on any atom is -0.491 e. The van der Waals surface area contributed by atoms with Crippen LogP contribution in [0.4, 0.5) is 0 Å². The van der Waals surface area contributed by atoms with Crippen LogP contribution in [0.2, 0.25) is 0 Å². The Bertz CT molecular complexity index is 372. The van der Waals surface area contributed by atoms with Crippen LogP contribution in [0.25, 0.3) is 0 Å². The standard InChI is InChI=1S/C14H23BO5/c1-14(2,3)20-11-9-18-8-10-19-13-6-4-12(5-7-13)15(16)17/h4-7,16-17H,8-11H2,1-3H3. The lowest BCUT2D eigenvalue weighted by molar-refractivity contribution is -0.0375. The van der Waals surface area contributed by atoms with Crippen molar-refractivity contribution in [1.29, 1.82) is 0 Å². The van der Waals surface area contributed by atoms with Crippen molar-refractivity contribution in [1.82, 2.24) is 0 Å². The van der Waals surface area contributed by atoms with E-state index in [4.69, 9.17) is 24.3 Å². The third-order valence-electron chi connectivity index (χ3n) is 2.44. The molecule has 112 valence electrons. The smallest absolute Gasteiger partial charge is 0.488 e. The molecule has 20 heavy (non-hydrogen) atoms. The summed E-state index contributed by atoms with van der Waals surface area (Å²) in [5, 5.41) is 17.9. The lowest BCUT2D eigenvalue weighted by Gasteiger charge is -2.19. The molecule has 0 aliphatic heterocycles. The molecule has 0 atom stereocenters. The predicted molar refractivity (Wildman–Crippen MR) is 78.3 cm³/mol. The zero-order chi connectivity index (χ0) is 15.0. The largest absolute Gasteiger partial charge is 0.491 e. The Morgan fingerprint density at radius 2 is 1.55 bits per heavy atom. The van der Waals surface area contributed by atoms with Crippen molar-refractivity contribution in [2.75, 3.05) is 26.4 Å². The second-order valence-electron chi connectivity index (χ2n) is 5.36. The zero-order valence-electron chi connectivity index (χ0n) is 12.3. The second-order valence-corrected chi connectivity index (χ2v) is 5.36. The fraction of sp³-hybridized carbons (Fsp3) is 0.571. The third kappa shape index (κ3) is 7.50. The summed E-state index contributed by atoms with van der Waals surface area (Å²) in [7, 11) is -1.45. The van der Waals surface area contributed by atoms with Crippen molar-refractivity contribution in [3.63, 3.8) is 0 Å². The molecule has 1 rings (SSSR count). The molecule has 0 saturated carbocycles. The lowest BCUT2D eigenvalue weighted by atomic mass is 9.80. The summed E-state index contributed by atoms with van der Waals surface area (Å²) < 4.78 is 16.4. The molecule has 0 heterocycles. The Labute approximate surface area is 120 Å². The van der Waals surface area contributed by atoms with Crippen LogP contribution in [0.1, 0.15) is 20.8 Å². The van der Waals surface area contributed by atoms with E-state index in [0.717, 1.165) is 0 Å². The molecule has 1 aromatic rings. The minimum atomic E-state index is -1.45. The molecule has 0 amide bonds. The van der Waals surface area contributed by atoms with Gasteiger partial charge in [-0.15, -0.1) is 0 Å². The molecule has 0 aromatic heterocycles. The topological polar surface area (TPSA) is 68.2 Å². The first kappa shape index (κ1) is 17.0. The van der Waals surface area contributed by atoms with E-state index in [2.05, 4.69) is 0 Å². The minimum absolute atomic E-state index is 0.140. The molecular formula is C14H23BO5. The number of benzene rings is 1. The first-order valence-corrected chi connectivity index (χ1v) is 6.69. The second kappa shape index (κ2) is 8.27. The summed E-state index contributed by atoms with van der Waals surface area (Å²) in [4.78, 5) is 0. The Kier molecular flexibility index (Phi) is 7.02. The Hall–Kier alpha value is -1.08. The van der Waals surface area contributed by atoms with Crippen LogP contribution in [0.5, 0.6) is 5.75 Å². The van der Waals surface area contributed by atoms with Gasteiger partial charge in [0.1, 0.15) is 12.4 Å². The van der Waals surface area contributed by atoms with Crippen molar-refractivity contribution in [2.24, 2.45) is 0 Å². The normalized spacial score (nSPS) is 11.4. The molecule has 2 N–H and O–H groups in total. The highest BCUT2D eigenvalue weighted by molar-refractivity contribution is 6.58. The molecule has 0 unspecified atom stereocenters. The van der Waals surface area contributed by atoms with Gasteiger partial charge in [-0.25, -0.2) is 0 Å². The molecule has 0 bridgehead atoms. The van der Waals surface area contributed by atoms with Gasteiger partial charge in [0.2, 0.25) is 0 Å². The van der Waals surface area contributed by atoms with Crippen LogP contribution in [0.3, 0.4) is 0 Å². The number of rotatable bonds is 8. The van der Waals surface area contributed by atoms with Gasteiger partial charge in [-0.3, -0.25) is 0 Å². The molecule has 0 aliphatic carbocycles. The van der Waals surface area contributed by atoms with E-state index < -0.39 is 7.12 Å². The van der Waals surface area contributed by atoms with Gasteiger partial charge in [-0.2, -0.15) is 0 Å². The van der Waals surface area contributed by atoms with Gasteiger partial charge in [-0.1, -0.05) is 12.1 Å². The van der Waals surface area contributed by atoms with Crippen molar-refractivity contribution in [3.8, 4) is 5.75 Å². The summed E-state index contributed by atoms with van der Waals surface area (Å²) in [5.74, 6) is 0.670. The predicted octanol–water partition coefficient (Wildman–Crippen LogP) is 0.577. The van der Waals surface area contributed by atoms with Crippen molar-refractivity contribution in [3.05, 3.63) is 24.3 Å². The van der Waals surface area contributed by atoms with Gasteiger partial charge in [-0.05, 0) is 38.4 Å². The third-order valence-corrected chi connectivity index (χ3v) is 2.44. The van der Waals surface area contributed by atoms with Crippen LogP contribution in [-0.4, -0.2) is 49.2 Å². The summed E-state index contributed by atoms with van der Waals surface area (Å²) in [6.07, 6.45) is 0. The van der Waals surface area contributed by atoms with Gasteiger partial charge in [0.05, 0.1) is 25.4 Å². The lowest BCUT2D eigenvalue weighted by Crippen LogP contribution is -2.29. The monoisotopic (exact) mass is 282 g/mol. The Morgan fingerprint density at radius 1 is 0.950 bits per heavy atom. The summed E-state index contributed by atoms with van der Waals surface area (Å²) in [6, 6.07) is 6.60. The van der Waals surface area contributed by atoms with E-state index in [9.17, 15) is 0 Å². The summed E-state index contributed by atoms with van der Waals surface area (Å²) >= 11 is 0.